The average Bonchev–Trinajstić information content (AvgIpc) is 2.25. The molecule has 2 N–H and O–H groups in total. The van der Waals surface area contributed by atoms with Crippen molar-refractivity contribution < 1.29 is 5.11 Å². The van der Waals surface area contributed by atoms with Gasteiger partial charge in [0.15, 0.2) is 0 Å². The highest BCUT2D eigenvalue weighted by Crippen LogP contribution is 2.06. The SMILES string of the molecule is CNC(CCO)CCc1ccccc1. The fourth-order valence-electron chi connectivity index (χ4n) is 1.57. The zero-order valence-electron chi connectivity index (χ0n) is 8.74. The Morgan fingerprint density at radius 3 is 2.50 bits per heavy atom. The summed E-state index contributed by atoms with van der Waals surface area (Å²) in [6.45, 7) is 0.264. The third kappa shape index (κ3) is 3.90. The highest BCUT2D eigenvalue weighted by Gasteiger charge is 2.04. The van der Waals surface area contributed by atoms with Crippen molar-refractivity contribution in [3.05, 3.63) is 35.9 Å². The normalized spacial score (nSPS) is 12.7. The molecule has 1 unspecified atom stereocenters. The van der Waals surface area contributed by atoms with E-state index < -0.39 is 0 Å². The van der Waals surface area contributed by atoms with E-state index in [1.807, 2.05) is 13.1 Å². The van der Waals surface area contributed by atoms with Crippen LogP contribution >= 0.6 is 0 Å². The van der Waals surface area contributed by atoms with E-state index in [0.29, 0.717) is 6.04 Å². The number of aliphatic hydroxyl groups excluding tert-OH is 1. The molecule has 0 aromatic heterocycles. The summed E-state index contributed by atoms with van der Waals surface area (Å²) in [5.41, 5.74) is 1.37. The maximum absolute atomic E-state index is 8.82. The number of hydrogen-bond acceptors (Lipinski definition) is 2. The van der Waals surface area contributed by atoms with E-state index in [4.69, 9.17) is 5.11 Å². The van der Waals surface area contributed by atoms with Crippen molar-refractivity contribution in [2.75, 3.05) is 13.7 Å². The lowest BCUT2D eigenvalue weighted by molar-refractivity contribution is 0.264. The molecule has 2 heteroatoms. The summed E-state index contributed by atoms with van der Waals surface area (Å²) < 4.78 is 0. The Morgan fingerprint density at radius 1 is 1.21 bits per heavy atom. The van der Waals surface area contributed by atoms with Crippen LogP contribution in [0.1, 0.15) is 18.4 Å². The van der Waals surface area contributed by atoms with Gasteiger partial charge < -0.3 is 10.4 Å². The molecule has 0 fully saturated rings. The third-order valence-corrected chi connectivity index (χ3v) is 2.51. The molecule has 14 heavy (non-hydrogen) atoms. The Kier molecular flexibility index (Phi) is 5.27. The fourth-order valence-corrected chi connectivity index (χ4v) is 1.57. The van der Waals surface area contributed by atoms with Gasteiger partial charge in [0.25, 0.3) is 0 Å². The van der Waals surface area contributed by atoms with Crippen LogP contribution in [0.15, 0.2) is 30.3 Å². The molecule has 78 valence electrons. The van der Waals surface area contributed by atoms with Crippen LogP contribution in [0.5, 0.6) is 0 Å². The monoisotopic (exact) mass is 193 g/mol. The van der Waals surface area contributed by atoms with Gasteiger partial charge >= 0.3 is 0 Å². The average molecular weight is 193 g/mol. The highest BCUT2D eigenvalue weighted by atomic mass is 16.3. The molecule has 0 aliphatic heterocycles. The Bertz CT molecular complexity index is 235. The molecule has 0 heterocycles. The van der Waals surface area contributed by atoms with E-state index in [0.717, 1.165) is 19.3 Å². The Balaban J connectivity index is 2.32. The first-order chi connectivity index (χ1) is 6.86. The number of rotatable bonds is 6. The van der Waals surface area contributed by atoms with Crippen molar-refractivity contribution in [1.82, 2.24) is 5.32 Å². The van der Waals surface area contributed by atoms with E-state index >= 15 is 0 Å². The summed E-state index contributed by atoms with van der Waals surface area (Å²) in [6, 6.07) is 10.9. The van der Waals surface area contributed by atoms with E-state index in [1.165, 1.54) is 5.56 Å². The molecule has 0 aliphatic rings. The molecule has 1 atom stereocenters. The van der Waals surface area contributed by atoms with Crippen molar-refractivity contribution in [3.63, 3.8) is 0 Å². The molecule has 2 nitrogen and oxygen atoms in total. The molecule has 0 spiro atoms. The van der Waals surface area contributed by atoms with Crippen LogP contribution in [0.4, 0.5) is 0 Å². The zero-order valence-corrected chi connectivity index (χ0v) is 8.74. The van der Waals surface area contributed by atoms with Crippen LogP contribution in [0, 0.1) is 0 Å². The molecule has 0 aliphatic carbocycles. The zero-order chi connectivity index (χ0) is 10.2. The Labute approximate surface area is 86.0 Å². The van der Waals surface area contributed by atoms with Crippen molar-refractivity contribution in [3.8, 4) is 0 Å². The maximum Gasteiger partial charge on any atom is 0.0445 e. The first-order valence-corrected chi connectivity index (χ1v) is 5.19. The highest BCUT2D eigenvalue weighted by molar-refractivity contribution is 5.14. The first-order valence-electron chi connectivity index (χ1n) is 5.19. The number of aliphatic hydroxyl groups is 1. The summed E-state index contributed by atoms with van der Waals surface area (Å²) in [5, 5.41) is 12.0. The molecule has 1 aromatic rings. The smallest absolute Gasteiger partial charge is 0.0445 e. The van der Waals surface area contributed by atoms with Gasteiger partial charge in [-0.2, -0.15) is 0 Å². The molecule has 0 saturated carbocycles. The van der Waals surface area contributed by atoms with Gasteiger partial charge in [0.05, 0.1) is 0 Å². The second-order valence-corrected chi connectivity index (χ2v) is 3.52. The van der Waals surface area contributed by atoms with Gasteiger partial charge in [-0.1, -0.05) is 30.3 Å². The van der Waals surface area contributed by atoms with Gasteiger partial charge in [-0.3, -0.25) is 0 Å². The van der Waals surface area contributed by atoms with Crippen LogP contribution in [0.25, 0.3) is 0 Å². The van der Waals surface area contributed by atoms with E-state index in [1.54, 1.807) is 0 Å². The van der Waals surface area contributed by atoms with Crippen LogP contribution in [-0.2, 0) is 6.42 Å². The third-order valence-electron chi connectivity index (χ3n) is 2.51. The summed E-state index contributed by atoms with van der Waals surface area (Å²) in [6.07, 6.45) is 3.00. The maximum atomic E-state index is 8.82. The minimum Gasteiger partial charge on any atom is -0.396 e. The summed E-state index contributed by atoms with van der Waals surface area (Å²) in [4.78, 5) is 0. The molecule has 0 bridgehead atoms. The molecule has 0 radical (unpaired) electrons. The molecule has 1 rings (SSSR count). The van der Waals surface area contributed by atoms with Crippen LogP contribution in [0.3, 0.4) is 0 Å². The second-order valence-electron chi connectivity index (χ2n) is 3.52. The number of hydrogen-bond donors (Lipinski definition) is 2. The minimum atomic E-state index is 0.264. The molecular formula is C12H19NO. The molecule has 0 amide bonds. The molecule has 0 saturated heterocycles. The van der Waals surface area contributed by atoms with Crippen molar-refractivity contribution in [2.24, 2.45) is 0 Å². The summed E-state index contributed by atoms with van der Waals surface area (Å²) >= 11 is 0. The van der Waals surface area contributed by atoms with Gasteiger partial charge in [0.2, 0.25) is 0 Å². The van der Waals surface area contributed by atoms with Gasteiger partial charge in [-0.25, -0.2) is 0 Å². The predicted octanol–water partition coefficient (Wildman–Crippen LogP) is 1.59. The summed E-state index contributed by atoms with van der Waals surface area (Å²) in [7, 11) is 1.95. The molecule has 1 aromatic carbocycles. The standard InChI is InChI=1S/C12H19NO/c1-13-12(9-10-14)8-7-11-5-3-2-4-6-11/h2-6,12-14H,7-10H2,1H3. The Hall–Kier alpha value is -0.860. The van der Waals surface area contributed by atoms with Gasteiger partial charge in [-0.05, 0) is 31.9 Å². The van der Waals surface area contributed by atoms with Crippen molar-refractivity contribution in [1.29, 1.82) is 0 Å². The lowest BCUT2D eigenvalue weighted by atomic mass is 10.0. The quantitative estimate of drug-likeness (QED) is 0.719. The second kappa shape index (κ2) is 6.57. The first kappa shape index (κ1) is 11.2. The van der Waals surface area contributed by atoms with Crippen molar-refractivity contribution >= 4 is 0 Å². The summed E-state index contributed by atoms with van der Waals surface area (Å²) in [5.74, 6) is 0. The van der Waals surface area contributed by atoms with Crippen LogP contribution in [0.2, 0.25) is 0 Å². The number of benzene rings is 1. The van der Waals surface area contributed by atoms with E-state index in [-0.39, 0.29) is 6.61 Å². The predicted molar refractivity (Wildman–Crippen MR) is 59.3 cm³/mol. The van der Waals surface area contributed by atoms with Crippen LogP contribution < -0.4 is 5.32 Å². The number of aryl methyl sites for hydroxylation is 1. The number of nitrogens with one attached hydrogen (secondary N) is 1. The largest absolute Gasteiger partial charge is 0.396 e. The van der Waals surface area contributed by atoms with Gasteiger partial charge in [-0.15, -0.1) is 0 Å². The minimum absolute atomic E-state index is 0.264. The van der Waals surface area contributed by atoms with E-state index in [9.17, 15) is 0 Å². The lowest BCUT2D eigenvalue weighted by Crippen LogP contribution is -2.26. The van der Waals surface area contributed by atoms with Crippen molar-refractivity contribution in [2.45, 2.75) is 25.3 Å². The van der Waals surface area contributed by atoms with Crippen LogP contribution in [-0.4, -0.2) is 24.8 Å². The molecular weight excluding hydrogens is 174 g/mol. The topological polar surface area (TPSA) is 32.3 Å². The van der Waals surface area contributed by atoms with Gasteiger partial charge in [0, 0.05) is 12.6 Å². The lowest BCUT2D eigenvalue weighted by Gasteiger charge is -2.14. The van der Waals surface area contributed by atoms with E-state index in [2.05, 4.69) is 29.6 Å². The Morgan fingerprint density at radius 2 is 1.93 bits per heavy atom. The fraction of sp³-hybridized carbons (Fsp3) is 0.500. The van der Waals surface area contributed by atoms with Gasteiger partial charge in [0.1, 0.15) is 0 Å².